The van der Waals surface area contributed by atoms with Crippen LogP contribution in [0, 0.1) is 5.92 Å². The molecule has 2 fully saturated rings. The Bertz CT molecular complexity index is 313. The minimum atomic E-state index is 0.637. The zero-order chi connectivity index (χ0) is 14.9. The zero-order valence-electron chi connectivity index (χ0n) is 13.5. The van der Waals surface area contributed by atoms with Gasteiger partial charge in [-0.25, -0.2) is 0 Å². The molecule has 2 heterocycles. The molecule has 2 aliphatic heterocycles. The number of hydrogen-bond acceptors (Lipinski definition) is 4. The maximum atomic E-state index is 5.45. The molecule has 0 aromatic heterocycles. The molecule has 122 valence electrons. The second-order valence-corrected chi connectivity index (χ2v) is 5.80. The summed E-state index contributed by atoms with van der Waals surface area (Å²) in [4.78, 5) is 9.41. The minimum Gasteiger partial charge on any atom is -0.381 e. The molecule has 0 aliphatic carbocycles. The van der Waals surface area contributed by atoms with E-state index in [1.54, 1.807) is 0 Å². The molecule has 2 aliphatic rings. The van der Waals surface area contributed by atoms with Gasteiger partial charge in [0.25, 0.3) is 0 Å². The molecule has 6 heteroatoms. The molecule has 0 spiro atoms. The number of nitrogens with one attached hydrogen (secondary N) is 1. The van der Waals surface area contributed by atoms with Crippen LogP contribution in [0.5, 0.6) is 0 Å². The molecule has 0 bridgehead atoms. The summed E-state index contributed by atoms with van der Waals surface area (Å²) in [5.74, 6) is 1.65. The van der Waals surface area contributed by atoms with E-state index in [-0.39, 0.29) is 0 Å². The first-order valence-corrected chi connectivity index (χ1v) is 8.17. The molecular formula is C15H30N4O2. The van der Waals surface area contributed by atoms with Crippen LogP contribution in [0.3, 0.4) is 0 Å². The van der Waals surface area contributed by atoms with Gasteiger partial charge in [-0.2, -0.15) is 0 Å². The lowest BCUT2D eigenvalue weighted by molar-refractivity contribution is 0.0394. The fourth-order valence-electron chi connectivity index (χ4n) is 2.79. The molecule has 1 N–H and O–H groups in total. The van der Waals surface area contributed by atoms with Gasteiger partial charge < -0.3 is 19.7 Å². The van der Waals surface area contributed by atoms with Crippen molar-refractivity contribution in [2.75, 3.05) is 72.7 Å². The van der Waals surface area contributed by atoms with Gasteiger partial charge in [-0.3, -0.25) is 9.89 Å². The van der Waals surface area contributed by atoms with Crippen LogP contribution < -0.4 is 5.32 Å². The molecule has 0 radical (unpaired) electrons. The first-order chi connectivity index (χ1) is 10.3. The van der Waals surface area contributed by atoms with E-state index in [9.17, 15) is 0 Å². The van der Waals surface area contributed by atoms with Crippen LogP contribution in [0.1, 0.15) is 13.3 Å². The van der Waals surface area contributed by atoms with E-state index in [1.165, 1.54) is 0 Å². The Hall–Kier alpha value is -0.850. The highest BCUT2D eigenvalue weighted by molar-refractivity contribution is 5.79. The second-order valence-electron chi connectivity index (χ2n) is 5.80. The summed E-state index contributed by atoms with van der Waals surface area (Å²) in [7, 11) is 2.12. The average Bonchev–Trinajstić information content (AvgIpc) is 3.00. The van der Waals surface area contributed by atoms with E-state index >= 15 is 0 Å². The van der Waals surface area contributed by atoms with Crippen LogP contribution in [0.2, 0.25) is 0 Å². The van der Waals surface area contributed by atoms with Crippen LogP contribution in [0.15, 0.2) is 4.99 Å². The quantitative estimate of drug-likeness (QED) is 0.563. The predicted molar refractivity (Wildman–Crippen MR) is 84.8 cm³/mol. The number of hydrogen-bond donors (Lipinski definition) is 1. The highest BCUT2D eigenvalue weighted by atomic mass is 16.5. The first-order valence-electron chi connectivity index (χ1n) is 8.17. The van der Waals surface area contributed by atoms with Gasteiger partial charge in [-0.05, 0) is 13.3 Å². The predicted octanol–water partition coefficient (Wildman–Crippen LogP) is 0.252. The van der Waals surface area contributed by atoms with Crippen molar-refractivity contribution in [3.63, 3.8) is 0 Å². The third kappa shape index (κ3) is 5.80. The lowest BCUT2D eigenvalue weighted by Crippen LogP contribution is -2.42. The van der Waals surface area contributed by atoms with E-state index in [0.717, 1.165) is 78.1 Å². The molecule has 2 saturated heterocycles. The van der Waals surface area contributed by atoms with E-state index in [4.69, 9.17) is 14.5 Å². The summed E-state index contributed by atoms with van der Waals surface area (Å²) in [5.41, 5.74) is 0. The fraction of sp³-hybridized carbons (Fsp3) is 0.933. The topological polar surface area (TPSA) is 49.3 Å². The summed E-state index contributed by atoms with van der Waals surface area (Å²) >= 11 is 0. The van der Waals surface area contributed by atoms with Gasteiger partial charge in [-0.1, -0.05) is 0 Å². The van der Waals surface area contributed by atoms with Crippen molar-refractivity contribution >= 4 is 5.96 Å². The molecule has 2 rings (SSSR count). The Kier molecular flexibility index (Phi) is 7.26. The highest BCUT2D eigenvalue weighted by Gasteiger charge is 2.19. The van der Waals surface area contributed by atoms with Gasteiger partial charge in [0.2, 0.25) is 0 Å². The zero-order valence-corrected chi connectivity index (χ0v) is 13.5. The Morgan fingerprint density at radius 2 is 2.10 bits per heavy atom. The number of nitrogens with zero attached hydrogens (tertiary/aromatic N) is 3. The van der Waals surface area contributed by atoms with Crippen molar-refractivity contribution in [1.29, 1.82) is 0 Å². The largest absolute Gasteiger partial charge is 0.381 e. The Labute approximate surface area is 128 Å². The molecule has 0 aromatic rings. The third-order valence-corrected chi connectivity index (χ3v) is 4.03. The number of guanidine groups is 1. The number of morpholine rings is 1. The summed E-state index contributed by atoms with van der Waals surface area (Å²) in [6, 6.07) is 0. The van der Waals surface area contributed by atoms with Gasteiger partial charge in [0.15, 0.2) is 5.96 Å². The summed E-state index contributed by atoms with van der Waals surface area (Å²) in [5, 5.41) is 3.39. The standard InChI is InChI=1S/C15H30N4O2/c1-3-16-15(18(2)12-14-4-9-21-13-14)17-5-6-19-7-10-20-11-8-19/h14H,3-13H2,1-2H3,(H,16,17). The third-order valence-electron chi connectivity index (χ3n) is 4.03. The number of ether oxygens (including phenoxy) is 2. The molecule has 21 heavy (non-hydrogen) atoms. The summed E-state index contributed by atoms with van der Waals surface area (Å²) < 4.78 is 10.8. The normalized spacial score (nSPS) is 24.3. The number of rotatable bonds is 6. The SMILES string of the molecule is CCNC(=NCCN1CCOCC1)N(C)CC1CCOC1. The maximum absolute atomic E-state index is 5.45. The van der Waals surface area contributed by atoms with E-state index < -0.39 is 0 Å². The lowest BCUT2D eigenvalue weighted by atomic mass is 10.1. The van der Waals surface area contributed by atoms with Crippen molar-refractivity contribution in [1.82, 2.24) is 15.1 Å². The van der Waals surface area contributed by atoms with Crippen LogP contribution in [-0.4, -0.2) is 88.5 Å². The Balaban J connectivity index is 1.76. The van der Waals surface area contributed by atoms with Crippen molar-refractivity contribution in [2.45, 2.75) is 13.3 Å². The highest BCUT2D eigenvalue weighted by Crippen LogP contribution is 2.13. The van der Waals surface area contributed by atoms with Crippen molar-refractivity contribution < 1.29 is 9.47 Å². The molecule has 6 nitrogen and oxygen atoms in total. The van der Waals surface area contributed by atoms with E-state index in [0.29, 0.717) is 5.92 Å². The molecule has 1 unspecified atom stereocenters. The Morgan fingerprint density at radius 3 is 2.76 bits per heavy atom. The molecule has 1 atom stereocenters. The lowest BCUT2D eigenvalue weighted by Gasteiger charge is -2.27. The van der Waals surface area contributed by atoms with Crippen molar-refractivity contribution in [2.24, 2.45) is 10.9 Å². The van der Waals surface area contributed by atoms with E-state index in [2.05, 4.69) is 29.1 Å². The number of aliphatic imine (C=N–C) groups is 1. The first kappa shape index (κ1) is 16.5. The van der Waals surface area contributed by atoms with Gasteiger partial charge in [0.05, 0.1) is 26.4 Å². The fourth-order valence-corrected chi connectivity index (χ4v) is 2.79. The molecular weight excluding hydrogens is 268 g/mol. The molecule has 0 aromatic carbocycles. The Morgan fingerprint density at radius 1 is 1.29 bits per heavy atom. The summed E-state index contributed by atoms with van der Waals surface area (Å²) in [6.07, 6.45) is 1.16. The van der Waals surface area contributed by atoms with Crippen molar-refractivity contribution in [3.8, 4) is 0 Å². The van der Waals surface area contributed by atoms with Gasteiger partial charge in [0, 0.05) is 52.3 Å². The van der Waals surface area contributed by atoms with Crippen molar-refractivity contribution in [3.05, 3.63) is 0 Å². The molecule has 0 amide bonds. The smallest absolute Gasteiger partial charge is 0.193 e. The average molecular weight is 298 g/mol. The van der Waals surface area contributed by atoms with Crippen LogP contribution in [-0.2, 0) is 9.47 Å². The van der Waals surface area contributed by atoms with Gasteiger partial charge in [-0.15, -0.1) is 0 Å². The van der Waals surface area contributed by atoms with Gasteiger partial charge >= 0.3 is 0 Å². The summed E-state index contributed by atoms with van der Waals surface area (Å²) in [6.45, 7) is 11.4. The second kappa shape index (κ2) is 9.23. The monoisotopic (exact) mass is 298 g/mol. The van der Waals surface area contributed by atoms with Crippen LogP contribution in [0.25, 0.3) is 0 Å². The minimum absolute atomic E-state index is 0.637. The van der Waals surface area contributed by atoms with Crippen LogP contribution in [0.4, 0.5) is 0 Å². The van der Waals surface area contributed by atoms with E-state index in [1.807, 2.05) is 0 Å². The van der Waals surface area contributed by atoms with Crippen LogP contribution >= 0.6 is 0 Å². The maximum Gasteiger partial charge on any atom is 0.193 e. The molecule has 0 saturated carbocycles. The van der Waals surface area contributed by atoms with Gasteiger partial charge in [0.1, 0.15) is 0 Å².